The average molecular weight is 288 g/mol. The second kappa shape index (κ2) is 5.82. The molecule has 0 unspecified atom stereocenters. The highest BCUT2D eigenvalue weighted by Gasteiger charge is 2.29. The third kappa shape index (κ3) is 3.39. The zero-order chi connectivity index (χ0) is 14.8. The molecule has 1 fully saturated rings. The van der Waals surface area contributed by atoms with Gasteiger partial charge in [-0.15, -0.1) is 0 Å². The summed E-state index contributed by atoms with van der Waals surface area (Å²) in [6.07, 6.45) is 2.24. The van der Waals surface area contributed by atoms with Crippen molar-refractivity contribution in [1.29, 1.82) is 0 Å². The topological polar surface area (TPSA) is 29.3 Å². The lowest BCUT2D eigenvalue weighted by atomic mass is 10.1. The van der Waals surface area contributed by atoms with Crippen LogP contribution in [0.25, 0.3) is 0 Å². The molecule has 0 heterocycles. The molecule has 0 amide bonds. The summed E-state index contributed by atoms with van der Waals surface area (Å²) in [6, 6.07) is 12.2. The van der Waals surface area contributed by atoms with Crippen LogP contribution in [-0.4, -0.2) is 6.04 Å². The van der Waals surface area contributed by atoms with Gasteiger partial charge >= 0.3 is 0 Å². The average Bonchev–Trinajstić information content (AvgIpc) is 3.28. The molecule has 0 atom stereocenters. The van der Waals surface area contributed by atoms with Gasteiger partial charge in [0.1, 0.15) is 11.6 Å². The third-order valence-corrected chi connectivity index (χ3v) is 3.77. The van der Waals surface area contributed by atoms with Crippen LogP contribution in [0.15, 0.2) is 42.5 Å². The Morgan fingerprint density at radius 3 is 2.10 bits per heavy atom. The molecule has 2 aromatic rings. The van der Waals surface area contributed by atoms with E-state index in [9.17, 15) is 8.78 Å². The normalized spacial score (nSPS) is 14.2. The van der Waals surface area contributed by atoms with E-state index in [2.05, 4.69) is 4.90 Å². The Kier molecular flexibility index (Phi) is 3.88. The van der Waals surface area contributed by atoms with Crippen molar-refractivity contribution in [2.45, 2.75) is 32.0 Å². The second-order valence-electron chi connectivity index (χ2n) is 5.51. The Morgan fingerprint density at radius 2 is 1.57 bits per heavy atom. The first-order valence-electron chi connectivity index (χ1n) is 7.16. The molecule has 0 spiro atoms. The summed E-state index contributed by atoms with van der Waals surface area (Å²) >= 11 is 0. The fourth-order valence-corrected chi connectivity index (χ4v) is 2.54. The van der Waals surface area contributed by atoms with E-state index in [-0.39, 0.29) is 0 Å². The highest BCUT2D eigenvalue weighted by Crippen LogP contribution is 2.33. The fourth-order valence-electron chi connectivity index (χ4n) is 2.54. The summed E-state index contributed by atoms with van der Waals surface area (Å²) in [4.78, 5) is 2.20. The van der Waals surface area contributed by atoms with E-state index in [0.29, 0.717) is 24.7 Å². The monoisotopic (exact) mass is 288 g/mol. The summed E-state index contributed by atoms with van der Waals surface area (Å²) in [7, 11) is 0. The Bertz CT molecular complexity index is 601. The molecule has 1 saturated carbocycles. The number of anilines is 1. The SMILES string of the molecule is NCc1ccc(N(Cc2cc(F)cc(F)c2)C2CC2)cc1. The van der Waals surface area contributed by atoms with E-state index in [1.165, 1.54) is 12.1 Å². The predicted molar refractivity (Wildman–Crippen MR) is 79.9 cm³/mol. The van der Waals surface area contributed by atoms with E-state index < -0.39 is 11.6 Å². The molecule has 0 saturated heterocycles. The molecule has 2 aromatic carbocycles. The summed E-state index contributed by atoms with van der Waals surface area (Å²) in [5, 5.41) is 0. The highest BCUT2D eigenvalue weighted by molar-refractivity contribution is 5.50. The first-order chi connectivity index (χ1) is 10.2. The molecular formula is C17H18F2N2. The molecule has 2 nitrogen and oxygen atoms in total. The maximum absolute atomic E-state index is 13.3. The first-order valence-corrected chi connectivity index (χ1v) is 7.16. The molecule has 1 aliphatic carbocycles. The van der Waals surface area contributed by atoms with Crippen molar-refractivity contribution in [2.24, 2.45) is 5.73 Å². The summed E-state index contributed by atoms with van der Waals surface area (Å²) in [6.45, 7) is 1.03. The largest absolute Gasteiger partial charge is 0.364 e. The maximum atomic E-state index is 13.3. The zero-order valence-corrected chi connectivity index (χ0v) is 11.7. The van der Waals surface area contributed by atoms with E-state index in [0.717, 1.165) is 30.2 Å². The van der Waals surface area contributed by atoms with Gasteiger partial charge in [-0.2, -0.15) is 0 Å². The number of halogens is 2. The number of rotatable bonds is 5. The van der Waals surface area contributed by atoms with Crippen LogP contribution in [0, 0.1) is 11.6 Å². The van der Waals surface area contributed by atoms with Gasteiger partial charge in [0.2, 0.25) is 0 Å². The minimum absolute atomic E-state index is 0.458. The molecule has 21 heavy (non-hydrogen) atoms. The van der Waals surface area contributed by atoms with Gasteiger partial charge < -0.3 is 10.6 Å². The van der Waals surface area contributed by atoms with Gasteiger partial charge in [0.15, 0.2) is 0 Å². The lowest BCUT2D eigenvalue weighted by molar-refractivity contribution is 0.578. The summed E-state index contributed by atoms with van der Waals surface area (Å²) in [5.41, 5.74) is 8.41. The molecule has 1 aliphatic rings. The van der Waals surface area contributed by atoms with Crippen molar-refractivity contribution < 1.29 is 8.78 Å². The van der Waals surface area contributed by atoms with Crippen LogP contribution in [0.1, 0.15) is 24.0 Å². The quantitative estimate of drug-likeness (QED) is 0.911. The molecule has 2 N–H and O–H groups in total. The Morgan fingerprint density at radius 1 is 0.952 bits per heavy atom. The van der Waals surface area contributed by atoms with Crippen LogP contribution in [-0.2, 0) is 13.1 Å². The van der Waals surface area contributed by atoms with Crippen LogP contribution >= 0.6 is 0 Å². The minimum atomic E-state index is -0.528. The Labute approximate surface area is 123 Å². The second-order valence-corrected chi connectivity index (χ2v) is 5.51. The van der Waals surface area contributed by atoms with Crippen molar-refractivity contribution in [3.05, 3.63) is 65.2 Å². The van der Waals surface area contributed by atoms with Gasteiger partial charge in [0, 0.05) is 30.9 Å². The van der Waals surface area contributed by atoms with Crippen LogP contribution in [0.3, 0.4) is 0 Å². The molecule has 110 valence electrons. The van der Waals surface area contributed by atoms with Gasteiger partial charge in [-0.3, -0.25) is 0 Å². The molecular weight excluding hydrogens is 270 g/mol. The van der Waals surface area contributed by atoms with Crippen molar-refractivity contribution in [2.75, 3.05) is 4.90 Å². The van der Waals surface area contributed by atoms with Crippen LogP contribution in [0.5, 0.6) is 0 Å². The standard InChI is InChI=1S/C17H18F2N2/c18-14-7-13(8-15(19)9-14)11-21(17-5-6-17)16-3-1-12(10-20)2-4-16/h1-4,7-9,17H,5-6,10-11,20H2. The predicted octanol–water partition coefficient (Wildman–Crippen LogP) is 3.59. The van der Waals surface area contributed by atoms with Gasteiger partial charge in [0.05, 0.1) is 0 Å². The van der Waals surface area contributed by atoms with Crippen LogP contribution in [0.2, 0.25) is 0 Å². The lowest BCUT2D eigenvalue weighted by Crippen LogP contribution is -2.25. The molecule has 0 aliphatic heterocycles. The molecule has 0 radical (unpaired) electrons. The Hall–Kier alpha value is -1.94. The summed E-state index contributed by atoms with van der Waals surface area (Å²) < 4.78 is 26.6. The Balaban J connectivity index is 1.84. The number of hydrogen-bond acceptors (Lipinski definition) is 2. The van der Waals surface area contributed by atoms with E-state index >= 15 is 0 Å². The zero-order valence-electron chi connectivity index (χ0n) is 11.7. The molecule has 0 aromatic heterocycles. The molecule has 4 heteroatoms. The lowest BCUT2D eigenvalue weighted by Gasteiger charge is -2.25. The number of benzene rings is 2. The van der Waals surface area contributed by atoms with Gasteiger partial charge in [-0.25, -0.2) is 8.78 Å². The smallest absolute Gasteiger partial charge is 0.126 e. The maximum Gasteiger partial charge on any atom is 0.126 e. The van der Waals surface area contributed by atoms with Crippen molar-refractivity contribution >= 4 is 5.69 Å². The fraction of sp³-hybridized carbons (Fsp3) is 0.294. The van der Waals surface area contributed by atoms with Gasteiger partial charge in [-0.05, 0) is 48.2 Å². The first kappa shape index (κ1) is 14.0. The molecule has 3 rings (SSSR count). The number of nitrogens with zero attached hydrogens (tertiary/aromatic N) is 1. The van der Waals surface area contributed by atoms with E-state index in [1.54, 1.807) is 0 Å². The van der Waals surface area contributed by atoms with Crippen LogP contribution < -0.4 is 10.6 Å². The number of hydrogen-bond donors (Lipinski definition) is 1. The van der Waals surface area contributed by atoms with Gasteiger partial charge in [-0.1, -0.05) is 12.1 Å². The highest BCUT2D eigenvalue weighted by atomic mass is 19.1. The van der Waals surface area contributed by atoms with E-state index in [4.69, 9.17) is 5.73 Å². The third-order valence-electron chi connectivity index (χ3n) is 3.77. The van der Waals surface area contributed by atoms with Gasteiger partial charge in [0.25, 0.3) is 0 Å². The van der Waals surface area contributed by atoms with Crippen LogP contribution in [0.4, 0.5) is 14.5 Å². The van der Waals surface area contributed by atoms with Crippen molar-refractivity contribution in [3.8, 4) is 0 Å². The minimum Gasteiger partial charge on any atom is -0.364 e. The summed E-state index contributed by atoms with van der Waals surface area (Å²) in [5.74, 6) is -1.06. The number of nitrogens with two attached hydrogens (primary N) is 1. The molecule has 0 bridgehead atoms. The van der Waals surface area contributed by atoms with Crippen molar-refractivity contribution in [1.82, 2.24) is 0 Å². The van der Waals surface area contributed by atoms with Crippen molar-refractivity contribution in [3.63, 3.8) is 0 Å². The van der Waals surface area contributed by atoms with E-state index in [1.807, 2.05) is 24.3 Å².